The predicted octanol–water partition coefficient (Wildman–Crippen LogP) is 2.31. The molecule has 1 aromatic carbocycles. The maximum Gasteiger partial charge on any atom is 0.161 e. The van der Waals surface area contributed by atoms with Crippen LogP contribution in [0.15, 0.2) is 23.7 Å². The Hall–Kier alpha value is -1.70. The molecule has 1 aliphatic heterocycles. The number of morpholine rings is 1. The van der Waals surface area contributed by atoms with E-state index in [1.165, 1.54) is 11.3 Å². The van der Waals surface area contributed by atoms with Gasteiger partial charge in [0.1, 0.15) is 10.5 Å². The molecule has 0 saturated carbocycles. The van der Waals surface area contributed by atoms with E-state index in [9.17, 15) is 0 Å². The fourth-order valence-electron chi connectivity index (χ4n) is 2.51. The quantitative estimate of drug-likeness (QED) is 0.724. The van der Waals surface area contributed by atoms with Crippen molar-refractivity contribution in [2.75, 3.05) is 46.6 Å². The van der Waals surface area contributed by atoms with Gasteiger partial charge in [-0.3, -0.25) is 4.90 Å². The highest BCUT2D eigenvalue weighted by atomic mass is 32.1. The first kappa shape index (κ1) is 16.2. The molecule has 0 bridgehead atoms. The van der Waals surface area contributed by atoms with Crippen LogP contribution in [0.2, 0.25) is 0 Å². The Morgan fingerprint density at radius 3 is 2.87 bits per heavy atom. The molecule has 0 atom stereocenters. The average molecular weight is 335 g/mol. The Morgan fingerprint density at radius 1 is 1.26 bits per heavy atom. The molecule has 6 nitrogen and oxygen atoms in total. The smallest absolute Gasteiger partial charge is 0.161 e. The van der Waals surface area contributed by atoms with Gasteiger partial charge in [-0.1, -0.05) is 11.3 Å². The third kappa shape index (κ3) is 4.40. The monoisotopic (exact) mass is 335 g/mol. The Bertz CT molecular complexity index is 601. The Labute approximate surface area is 140 Å². The summed E-state index contributed by atoms with van der Waals surface area (Å²) < 4.78 is 16.7. The van der Waals surface area contributed by atoms with E-state index in [4.69, 9.17) is 14.2 Å². The Kier molecular flexibility index (Phi) is 5.79. The van der Waals surface area contributed by atoms with Crippen molar-refractivity contribution in [1.29, 1.82) is 0 Å². The lowest BCUT2D eigenvalue weighted by atomic mass is 10.2. The van der Waals surface area contributed by atoms with Crippen LogP contribution in [0.5, 0.6) is 11.5 Å². The maximum absolute atomic E-state index is 5.88. The van der Waals surface area contributed by atoms with Gasteiger partial charge in [0.2, 0.25) is 0 Å². The highest BCUT2D eigenvalue weighted by molar-refractivity contribution is 7.12. The fourth-order valence-corrected chi connectivity index (χ4v) is 3.07. The molecule has 2 heterocycles. The average Bonchev–Trinajstić information content (AvgIpc) is 3.14. The Balaban J connectivity index is 1.53. The van der Waals surface area contributed by atoms with Crippen molar-refractivity contribution in [3.63, 3.8) is 0 Å². The first-order chi connectivity index (χ1) is 11.4. The molecule has 0 aliphatic carbocycles. The van der Waals surface area contributed by atoms with Gasteiger partial charge in [0.25, 0.3) is 0 Å². The van der Waals surface area contributed by atoms with Gasteiger partial charge in [-0.25, -0.2) is 0 Å². The summed E-state index contributed by atoms with van der Waals surface area (Å²) in [6.07, 6.45) is 0.987. The third-order valence-corrected chi connectivity index (χ3v) is 4.49. The van der Waals surface area contributed by atoms with Crippen LogP contribution >= 0.6 is 11.3 Å². The highest BCUT2D eigenvalue weighted by Gasteiger charge is 2.11. The van der Waals surface area contributed by atoms with E-state index >= 15 is 0 Å². The van der Waals surface area contributed by atoms with Crippen LogP contribution in [0.25, 0.3) is 10.6 Å². The summed E-state index contributed by atoms with van der Waals surface area (Å²) in [5, 5.41) is 8.82. The lowest BCUT2D eigenvalue weighted by Crippen LogP contribution is -2.37. The standard InChI is InChI=1S/C16H21N3O3S/c1-20-15-11-13(16-18-17-12-23-16)3-4-14(15)22-8-2-5-19-6-9-21-10-7-19/h3-4,11-12H,2,5-10H2,1H3. The van der Waals surface area contributed by atoms with Crippen LogP contribution in [-0.4, -0.2) is 61.7 Å². The molecular weight excluding hydrogens is 314 g/mol. The SMILES string of the molecule is COc1cc(-c2nncs2)ccc1OCCCN1CCOCC1. The van der Waals surface area contributed by atoms with Gasteiger partial charge in [0.05, 0.1) is 26.9 Å². The van der Waals surface area contributed by atoms with Crippen LogP contribution in [0.3, 0.4) is 0 Å². The second-order valence-corrected chi connectivity index (χ2v) is 6.10. The number of methoxy groups -OCH3 is 1. The molecule has 1 aliphatic rings. The lowest BCUT2D eigenvalue weighted by Gasteiger charge is -2.26. The summed E-state index contributed by atoms with van der Waals surface area (Å²) in [5.41, 5.74) is 2.71. The van der Waals surface area contributed by atoms with Gasteiger partial charge in [-0.15, -0.1) is 10.2 Å². The number of benzene rings is 1. The van der Waals surface area contributed by atoms with Crippen LogP contribution in [0.4, 0.5) is 0 Å². The summed E-state index contributed by atoms with van der Waals surface area (Å²) in [4.78, 5) is 2.41. The molecule has 0 spiro atoms. The minimum absolute atomic E-state index is 0.672. The summed E-state index contributed by atoms with van der Waals surface area (Å²) in [5.74, 6) is 1.49. The number of hydrogen-bond acceptors (Lipinski definition) is 7. The summed E-state index contributed by atoms with van der Waals surface area (Å²) >= 11 is 1.50. The molecule has 1 aromatic heterocycles. The third-order valence-electron chi connectivity index (χ3n) is 3.75. The van der Waals surface area contributed by atoms with E-state index in [1.54, 1.807) is 12.6 Å². The number of nitrogens with zero attached hydrogens (tertiary/aromatic N) is 3. The molecule has 23 heavy (non-hydrogen) atoms. The van der Waals surface area contributed by atoms with Crippen molar-refractivity contribution >= 4 is 11.3 Å². The summed E-state index contributed by atoms with van der Waals surface area (Å²) in [6, 6.07) is 5.86. The van der Waals surface area contributed by atoms with Gasteiger partial charge in [0.15, 0.2) is 11.5 Å². The molecule has 2 aromatic rings. The van der Waals surface area contributed by atoms with Crippen LogP contribution < -0.4 is 9.47 Å². The van der Waals surface area contributed by atoms with E-state index in [-0.39, 0.29) is 0 Å². The van der Waals surface area contributed by atoms with Crippen molar-refractivity contribution in [3.8, 4) is 22.1 Å². The molecule has 0 radical (unpaired) electrons. The zero-order valence-electron chi connectivity index (χ0n) is 13.2. The minimum Gasteiger partial charge on any atom is -0.493 e. The number of hydrogen-bond donors (Lipinski definition) is 0. The largest absolute Gasteiger partial charge is 0.493 e. The minimum atomic E-state index is 0.672. The molecule has 1 fully saturated rings. The topological polar surface area (TPSA) is 56.7 Å². The van der Waals surface area contributed by atoms with Crippen LogP contribution in [0.1, 0.15) is 6.42 Å². The zero-order chi connectivity index (χ0) is 15.9. The van der Waals surface area contributed by atoms with E-state index < -0.39 is 0 Å². The first-order valence-electron chi connectivity index (χ1n) is 7.74. The fraction of sp³-hybridized carbons (Fsp3) is 0.500. The maximum atomic E-state index is 5.88. The molecule has 1 saturated heterocycles. The van der Waals surface area contributed by atoms with Crippen molar-refractivity contribution in [2.24, 2.45) is 0 Å². The molecule has 0 amide bonds. The van der Waals surface area contributed by atoms with Crippen molar-refractivity contribution in [3.05, 3.63) is 23.7 Å². The summed E-state index contributed by atoms with van der Waals surface area (Å²) in [6.45, 7) is 5.41. The van der Waals surface area contributed by atoms with Gasteiger partial charge in [-0.05, 0) is 24.6 Å². The second-order valence-electron chi connectivity index (χ2n) is 5.27. The molecule has 124 valence electrons. The number of rotatable bonds is 7. The van der Waals surface area contributed by atoms with Crippen molar-refractivity contribution < 1.29 is 14.2 Å². The van der Waals surface area contributed by atoms with E-state index in [1.807, 2.05) is 18.2 Å². The van der Waals surface area contributed by atoms with Gasteiger partial charge in [0, 0.05) is 25.2 Å². The van der Waals surface area contributed by atoms with Crippen LogP contribution in [-0.2, 0) is 4.74 Å². The van der Waals surface area contributed by atoms with E-state index in [0.29, 0.717) is 6.61 Å². The van der Waals surface area contributed by atoms with E-state index in [0.717, 1.165) is 61.3 Å². The molecular formula is C16H21N3O3S. The first-order valence-corrected chi connectivity index (χ1v) is 8.62. The van der Waals surface area contributed by atoms with Crippen LogP contribution in [0, 0.1) is 0 Å². The zero-order valence-corrected chi connectivity index (χ0v) is 14.1. The highest BCUT2D eigenvalue weighted by Crippen LogP contribution is 2.33. The van der Waals surface area contributed by atoms with Gasteiger partial charge >= 0.3 is 0 Å². The Morgan fingerprint density at radius 2 is 2.13 bits per heavy atom. The van der Waals surface area contributed by atoms with Crippen molar-refractivity contribution in [1.82, 2.24) is 15.1 Å². The lowest BCUT2D eigenvalue weighted by molar-refractivity contribution is 0.0357. The normalized spacial score (nSPS) is 15.5. The number of aromatic nitrogens is 2. The molecule has 3 rings (SSSR count). The van der Waals surface area contributed by atoms with E-state index in [2.05, 4.69) is 15.1 Å². The molecule has 0 unspecified atom stereocenters. The van der Waals surface area contributed by atoms with Gasteiger partial charge in [-0.2, -0.15) is 0 Å². The van der Waals surface area contributed by atoms with Crippen molar-refractivity contribution in [2.45, 2.75) is 6.42 Å². The number of ether oxygens (including phenoxy) is 3. The molecule has 7 heteroatoms. The molecule has 0 N–H and O–H groups in total. The summed E-state index contributed by atoms with van der Waals surface area (Å²) in [7, 11) is 1.65. The predicted molar refractivity (Wildman–Crippen MR) is 89.3 cm³/mol. The van der Waals surface area contributed by atoms with Gasteiger partial charge < -0.3 is 14.2 Å². The second kappa shape index (κ2) is 8.24.